The monoisotopic (exact) mass is 223 g/mol. The van der Waals surface area contributed by atoms with E-state index in [4.69, 9.17) is 15.2 Å². The van der Waals surface area contributed by atoms with Gasteiger partial charge in [-0.2, -0.15) is 0 Å². The second kappa shape index (κ2) is 3.87. The lowest BCUT2D eigenvalue weighted by molar-refractivity contribution is 0.363. The minimum atomic E-state index is -0.0880. The Morgan fingerprint density at radius 3 is 2.38 bits per heavy atom. The predicted molar refractivity (Wildman–Crippen MR) is 61.1 cm³/mol. The highest BCUT2D eigenvalue weighted by Gasteiger charge is 2.38. The topological polar surface area (TPSA) is 64.7 Å². The maximum Gasteiger partial charge on any atom is 0.161 e. The molecule has 1 aliphatic rings. The van der Waals surface area contributed by atoms with Gasteiger partial charge in [0.1, 0.15) is 5.75 Å². The summed E-state index contributed by atoms with van der Waals surface area (Å²) in [7, 11) is 3.11. The van der Waals surface area contributed by atoms with E-state index in [1.54, 1.807) is 19.2 Å². The predicted octanol–water partition coefficient (Wildman–Crippen LogP) is 1.44. The summed E-state index contributed by atoms with van der Waals surface area (Å²) in [5.74, 6) is 1.21. The zero-order valence-corrected chi connectivity index (χ0v) is 9.62. The molecule has 0 saturated heterocycles. The lowest BCUT2D eigenvalue weighted by Crippen LogP contribution is -2.24. The number of methoxy groups -OCH3 is 2. The molecule has 4 heteroatoms. The van der Waals surface area contributed by atoms with Gasteiger partial charge in [-0.25, -0.2) is 0 Å². The minimum Gasteiger partial charge on any atom is -0.504 e. The molecule has 1 aromatic carbocycles. The Bertz CT molecular complexity index is 399. The first-order valence-corrected chi connectivity index (χ1v) is 5.31. The van der Waals surface area contributed by atoms with E-state index in [1.165, 1.54) is 7.11 Å². The molecule has 88 valence electrons. The van der Waals surface area contributed by atoms with Gasteiger partial charge in [-0.3, -0.25) is 0 Å². The van der Waals surface area contributed by atoms with Gasteiger partial charge in [0.2, 0.25) is 0 Å². The molecule has 0 amide bonds. The highest BCUT2D eigenvalue weighted by molar-refractivity contribution is 5.50. The van der Waals surface area contributed by atoms with Crippen molar-refractivity contribution in [2.75, 3.05) is 14.2 Å². The molecule has 0 aromatic heterocycles. The van der Waals surface area contributed by atoms with E-state index < -0.39 is 0 Å². The third-order valence-corrected chi connectivity index (χ3v) is 3.02. The summed E-state index contributed by atoms with van der Waals surface area (Å²) in [6.07, 6.45) is 2.84. The van der Waals surface area contributed by atoms with Crippen molar-refractivity contribution >= 4 is 0 Å². The molecule has 1 aromatic rings. The average Bonchev–Trinajstić information content (AvgIpc) is 2.98. The minimum absolute atomic E-state index is 0.0879. The van der Waals surface area contributed by atoms with Gasteiger partial charge >= 0.3 is 0 Å². The fraction of sp³-hybridized carbons (Fsp3) is 0.500. The van der Waals surface area contributed by atoms with Crippen LogP contribution in [0.25, 0.3) is 0 Å². The van der Waals surface area contributed by atoms with Crippen molar-refractivity contribution in [1.82, 2.24) is 0 Å². The van der Waals surface area contributed by atoms with E-state index in [1.807, 2.05) is 0 Å². The molecule has 16 heavy (non-hydrogen) atoms. The first kappa shape index (κ1) is 11.1. The van der Waals surface area contributed by atoms with E-state index >= 15 is 0 Å². The second-order valence-electron chi connectivity index (χ2n) is 4.38. The van der Waals surface area contributed by atoms with Gasteiger partial charge in [0.25, 0.3) is 0 Å². The molecular weight excluding hydrogens is 206 g/mol. The molecule has 1 saturated carbocycles. The number of benzene rings is 1. The number of aromatic hydroxyl groups is 1. The number of phenolic OH excluding ortho intramolecular Hbond substituents is 1. The second-order valence-corrected chi connectivity index (χ2v) is 4.38. The number of rotatable bonds is 4. The highest BCUT2D eigenvalue weighted by atomic mass is 16.5. The maximum absolute atomic E-state index is 9.62. The lowest BCUT2D eigenvalue weighted by atomic mass is 10.0. The van der Waals surface area contributed by atoms with E-state index in [-0.39, 0.29) is 11.3 Å². The van der Waals surface area contributed by atoms with E-state index in [2.05, 4.69) is 0 Å². The molecule has 0 bridgehead atoms. The van der Waals surface area contributed by atoms with Gasteiger partial charge in [0.05, 0.1) is 14.2 Å². The molecule has 0 radical (unpaired) electrons. The van der Waals surface area contributed by atoms with Crippen LogP contribution in [0.15, 0.2) is 12.1 Å². The van der Waals surface area contributed by atoms with Crippen LogP contribution in [-0.2, 0) is 6.42 Å². The molecule has 0 unspecified atom stereocenters. The largest absolute Gasteiger partial charge is 0.504 e. The van der Waals surface area contributed by atoms with Crippen LogP contribution in [0.1, 0.15) is 18.4 Å². The van der Waals surface area contributed by atoms with Crippen LogP contribution in [0.3, 0.4) is 0 Å². The number of hydrogen-bond donors (Lipinski definition) is 2. The van der Waals surface area contributed by atoms with Crippen molar-refractivity contribution in [2.45, 2.75) is 24.8 Å². The SMILES string of the molecule is COc1cc(CC2(N)CC2)c(OC)cc1O. The number of nitrogens with two attached hydrogens (primary N) is 1. The molecule has 1 aliphatic carbocycles. The van der Waals surface area contributed by atoms with Crippen molar-refractivity contribution in [3.8, 4) is 17.2 Å². The standard InChI is InChI=1S/C12H17NO3/c1-15-10-6-9(14)11(16-2)5-8(10)7-12(13)3-4-12/h5-6,14H,3-4,7,13H2,1-2H3. The smallest absolute Gasteiger partial charge is 0.161 e. The summed E-state index contributed by atoms with van der Waals surface area (Å²) < 4.78 is 10.3. The summed E-state index contributed by atoms with van der Waals surface area (Å²) in [6, 6.07) is 3.36. The van der Waals surface area contributed by atoms with Gasteiger partial charge in [-0.1, -0.05) is 0 Å². The molecule has 0 spiro atoms. The Kier molecular flexibility index (Phi) is 2.68. The van der Waals surface area contributed by atoms with Crippen LogP contribution in [0.4, 0.5) is 0 Å². The molecule has 0 heterocycles. The summed E-state index contributed by atoms with van der Waals surface area (Å²) in [6.45, 7) is 0. The summed E-state index contributed by atoms with van der Waals surface area (Å²) in [4.78, 5) is 0. The van der Waals surface area contributed by atoms with Crippen LogP contribution >= 0.6 is 0 Å². The summed E-state index contributed by atoms with van der Waals surface area (Å²) in [5, 5.41) is 9.62. The van der Waals surface area contributed by atoms with E-state index in [0.717, 1.165) is 24.8 Å². The van der Waals surface area contributed by atoms with Crippen LogP contribution in [-0.4, -0.2) is 24.9 Å². The molecule has 0 atom stereocenters. The van der Waals surface area contributed by atoms with Crippen molar-refractivity contribution in [1.29, 1.82) is 0 Å². The van der Waals surface area contributed by atoms with Gasteiger partial charge in [-0.05, 0) is 30.9 Å². The Labute approximate surface area is 95.0 Å². The fourth-order valence-corrected chi connectivity index (χ4v) is 1.80. The Morgan fingerprint density at radius 1 is 1.25 bits per heavy atom. The Morgan fingerprint density at radius 2 is 1.88 bits per heavy atom. The lowest BCUT2D eigenvalue weighted by Gasteiger charge is -2.14. The molecule has 1 fully saturated rings. The van der Waals surface area contributed by atoms with Gasteiger partial charge < -0.3 is 20.3 Å². The van der Waals surface area contributed by atoms with Gasteiger partial charge in [0.15, 0.2) is 11.5 Å². The van der Waals surface area contributed by atoms with Gasteiger partial charge in [-0.15, -0.1) is 0 Å². The van der Waals surface area contributed by atoms with Crippen LogP contribution in [0.5, 0.6) is 17.2 Å². The number of hydrogen-bond acceptors (Lipinski definition) is 4. The summed E-state index contributed by atoms with van der Waals surface area (Å²) >= 11 is 0. The molecule has 2 rings (SSSR count). The first-order valence-electron chi connectivity index (χ1n) is 5.31. The molecule has 3 N–H and O–H groups in total. The molecule has 0 aliphatic heterocycles. The van der Waals surface area contributed by atoms with Crippen molar-refractivity contribution in [3.63, 3.8) is 0 Å². The Hall–Kier alpha value is -1.42. The zero-order chi connectivity index (χ0) is 11.8. The van der Waals surface area contributed by atoms with Crippen molar-refractivity contribution in [3.05, 3.63) is 17.7 Å². The van der Waals surface area contributed by atoms with E-state index in [9.17, 15) is 5.11 Å². The number of phenols is 1. The maximum atomic E-state index is 9.62. The fourth-order valence-electron chi connectivity index (χ4n) is 1.80. The van der Waals surface area contributed by atoms with Crippen LogP contribution in [0, 0.1) is 0 Å². The van der Waals surface area contributed by atoms with Crippen molar-refractivity contribution < 1.29 is 14.6 Å². The molecule has 4 nitrogen and oxygen atoms in total. The summed E-state index contributed by atoms with van der Waals surface area (Å²) in [5.41, 5.74) is 6.97. The van der Waals surface area contributed by atoms with Gasteiger partial charge in [0, 0.05) is 11.6 Å². The molecular formula is C12H17NO3. The normalized spacial score (nSPS) is 16.9. The quantitative estimate of drug-likeness (QED) is 0.810. The van der Waals surface area contributed by atoms with E-state index in [0.29, 0.717) is 11.5 Å². The van der Waals surface area contributed by atoms with Crippen molar-refractivity contribution in [2.24, 2.45) is 5.73 Å². The highest BCUT2D eigenvalue weighted by Crippen LogP contribution is 2.41. The average molecular weight is 223 g/mol. The zero-order valence-electron chi connectivity index (χ0n) is 9.62. The number of ether oxygens (including phenoxy) is 2. The third kappa shape index (κ3) is 2.07. The third-order valence-electron chi connectivity index (χ3n) is 3.02. The van der Waals surface area contributed by atoms with Crippen LogP contribution < -0.4 is 15.2 Å². The first-order chi connectivity index (χ1) is 7.58. The Balaban J connectivity index is 2.33. The van der Waals surface area contributed by atoms with Crippen LogP contribution in [0.2, 0.25) is 0 Å².